The van der Waals surface area contributed by atoms with Crippen molar-refractivity contribution < 1.29 is 4.79 Å². The van der Waals surface area contributed by atoms with Crippen LogP contribution in [0.2, 0.25) is 0 Å². The summed E-state index contributed by atoms with van der Waals surface area (Å²) in [5.74, 6) is 0.190. The molecule has 1 unspecified atom stereocenters. The molecule has 2 saturated heterocycles. The SMILES string of the molecule is CCCCC1CN(C(=O)c2cccc3ccccc23)CCN1CN1CC1. The zero-order valence-corrected chi connectivity index (χ0v) is 15.7. The average Bonchev–Trinajstić information content (AvgIpc) is 3.50. The van der Waals surface area contributed by atoms with E-state index in [1.165, 1.54) is 32.4 Å². The molecule has 26 heavy (non-hydrogen) atoms. The van der Waals surface area contributed by atoms with Gasteiger partial charge in [-0.1, -0.05) is 56.2 Å². The molecule has 2 aliphatic rings. The fraction of sp³-hybridized carbons (Fsp3) is 0.500. The molecular weight excluding hydrogens is 322 g/mol. The fourth-order valence-corrected chi connectivity index (χ4v) is 4.03. The maximum Gasteiger partial charge on any atom is 0.254 e. The van der Waals surface area contributed by atoms with E-state index in [1.54, 1.807) is 0 Å². The van der Waals surface area contributed by atoms with E-state index < -0.39 is 0 Å². The van der Waals surface area contributed by atoms with Crippen LogP contribution in [0.25, 0.3) is 10.8 Å². The third kappa shape index (κ3) is 3.76. The summed E-state index contributed by atoms with van der Waals surface area (Å²) in [6.07, 6.45) is 3.63. The third-order valence-corrected chi connectivity index (χ3v) is 5.72. The predicted molar refractivity (Wildman–Crippen MR) is 106 cm³/mol. The fourth-order valence-electron chi connectivity index (χ4n) is 4.03. The molecule has 0 N–H and O–H groups in total. The normalized spacial score (nSPS) is 21.3. The molecule has 2 aromatic carbocycles. The lowest BCUT2D eigenvalue weighted by Gasteiger charge is -2.42. The van der Waals surface area contributed by atoms with Gasteiger partial charge in [0, 0.05) is 44.3 Å². The van der Waals surface area contributed by atoms with Crippen LogP contribution in [0, 0.1) is 0 Å². The lowest BCUT2D eigenvalue weighted by molar-refractivity contribution is 0.0372. The van der Waals surface area contributed by atoms with E-state index in [4.69, 9.17) is 0 Å². The Balaban J connectivity index is 1.52. The second kappa shape index (κ2) is 7.77. The molecule has 2 aliphatic heterocycles. The maximum absolute atomic E-state index is 13.3. The third-order valence-electron chi connectivity index (χ3n) is 5.72. The molecule has 0 aliphatic carbocycles. The highest BCUT2D eigenvalue weighted by Crippen LogP contribution is 2.23. The van der Waals surface area contributed by atoms with Crippen LogP contribution in [0.5, 0.6) is 0 Å². The van der Waals surface area contributed by atoms with Gasteiger partial charge in [-0.2, -0.15) is 0 Å². The Morgan fingerprint density at radius 2 is 1.85 bits per heavy atom. The van der Waals surface area contributed by atoms with Crippen LogP contribution < -0.4 is 0 Å². The van der Waals surface area contributed by atoms with E-state index in [2.05, 4.69) is 39.8 Å². The molecule has 4 rings (SSSR count). The quantitative estimate of drug-likeness (QED) is 0.746. The lowest BCUT2D eigenvalue weighted by Crippen LogP contribution is -2.55. The molecule has 2 fully saturated rings. The maximum atomic E-state index is 13.3. The van der Waals surface area contributed by atoms with Crippen LogP contribution in [0.3, 0.4) is 0 Å². The summed E-state index contributed by atoms with van der Waals surface area (Å²) in [7, 11) is 0. The highest BCUT2D eigenvalue weighted by atomic mass is 16.2. The van der Waals surface area contributed by atoms with Gasteiger partial charge in [0.1, 0.15) is 0 Å². The van der Waals surface area contributed by atoms with Crippen LogP contribution >= 0.6 is 0 Å². The standard InChI is InChI=1S/C22H29N3O/c1-2-3-9-19-16-24(14-15-25(19)17-23-12-13-23)22(26)21-11-6-8-18-7-4-5-10-20(18)21/h4-8,10-11,19H,2-3,9,12-17H2,1H3. The number of rotatable bonds is 6. The van der Waals surface area contributed by atoms with E-state index in [1.807, 2.05) is 24.3 Å². The molecule has 138 valence electrons. The predicted octanol–water partition coefficient (Wildman–Crippen LogP) is 3.43. The van der Waals surface area contributed by atoms with Crippen LogP contribution in [-0.4, -0.2) is 66.0 Å². The van der Waals surface area contributed by atoms with E-state index in [9.17, 15) is 4.79 Å². The van der Waals surface area contributed by atoms with Crippen molar-refractivity contribution in [1.82, 2.24) is 14.7 Å². The van der Waals surface area contributed by atoms with E-state index in [0.717, 1.165) is 42.6 Å². The molecule has 0 radical (unpaired) electrons. The summed E-state index contributed by atoms with van der Waals surface area (Å²) >= 11 is 0. The molecular formula is C22H29N3O. The van der Waals surface area contributed by atoms with Crippen molar-refractivity contribution in [2.24, 2.45) is 0 Å². The number of carbonyl (C=O) groups is 1. The number of piperazine rings is 1. The zero-order valence-electron chi connectivity index (χ0n) is 15.7. The van der Waals surface area contributed by atoms with Gasteiger partial charge in [-0.25, -0.2) is 0 Å². The average molecular weight is 351 g/mol. The van der Waals surface area contributed by atoms with E-state index in [-0.39, 0.29) is 5.91 Å². The minimum Gasteiger partial charge on any atom is -0.336 e. The number of hydrogen-bond donors (Lipinski definition) is 0. The monoisotopic (exact) mass is 351 g/mol. The first-order valence-corrected chi connectivity index (χ1v) is 9.99. The van der Waals surface area contributed by atoms with Crippen LogP contribution in [0.1, 0.15) is 36.5 Å². The van der Waals surface area contributed by atoms with Crippen molar-refractivity contribution in [3.05, 3.63) is 48.0 Å². The highest BCUT2D eigenvalue weighted by Gasteiger charge is 2.32. The summed E-state index contributed by atoms with van der Waals surface area (Å²) in [6, 6.07) is 14.7. The minimum absolute atomic E-state index is 0.190. The Morgan fingerprint density at radius 3 is 2.65 bits per heavy atom. The van der Waals surface area contributed by atoms with Crippen molar-refractivity contribution in [2.45, 2.75) is 32.2 Å². The molecule has 2 heterocycles. The lowest BCUT2D eigenvalue weighted by atomic mass is 10.0. The molecule has 4 heteroatoms. The highest BCUT2D eigenvalue weighted by molar-refractivity contribution is 6.07. The Labute approximate surface area is 156 Å². The van der Waals surface area contributed by atoms with Crippen molar-refractivity contribution in [2.75, 3.05) is 39.4 Å². The van der Waals surface area contributed by atoms with Crippen LogP contribution in [0.15, 0.2) is 42.5 Å². The van der Waals surface area contributed by atoms with Gasteiger partial charge in [0.25, 0.3) is 5.91 Å². The van der Waals surface area contributed by atoms with Gasteiger partial charge in [0.2, 0.25) is 0 Å². The Kier molecular flexibility index (Phi) is 5.23. The van der Waals surface area contributed by atoms with Crippen molar-refractivity contribution in [3.63, 3.8) is 0 Å². The topological polar surface area (TPSA) is 26.6 Å². The number of unbranched alkanes of at least 4 members (excludes halogenated alkanes) is 1. The second-order valence-electron chi connectivity index (χ2n) is 7.65. The van der Waals surface area contributed by atoms with Crippen molar-refractivity contribution >= 4 is 16.7 Å². The first-order chi connectivity index (χ1) is 12.8. The number of amides is 1. The molecule has 2 aromatic rings. The summed E-state index contributed by atoms with van der Waals surface area (Å²) in [6.45, 7) is 8.46. The second-order valence-corrected chi connectivity index (χ2v) is 7.65. The van der Waals surface area contributed by atoms with Gasteiger partial charge in [-0.15, -0.1) is 0 Å². The number of fused-ring (bicyclic) bond motifs is 1. The molecule has 0 spiro atoms. The Morgan fingerprint density at radius 1 is 1.04 bits per heavy atom. The largest absolute Gasteiger partial charge is 0.336 e. The first-order valence-electron chi connectivity index (χ1n) is 9.99. The zero-order chi connectivity index (χ0) is 17.9. The van der Waals surface area contributed by atoms with Gasteiger partial charge < -0.3 is 4.90 Å². The Hall–Kier alpha value is -1.91. The molecule has 1 amide bonds. The number of nitrogens with zero attached hydrogens (tertiary/aromatic N) is 3. The number of carbonyl (C=O) groups excluding carboxylic acids is 1. The summed E-state index contributed by atoms with van der Waals surface area (Å²) in [5.41, 5.74) is 0.844. The minimum atomic E-state index is 0.190. The first kappa shape index (κ1) is 17.5. The molecule has 1 atom stereocenters. The van der Waals surface area contributed by atoms with Crippen molar-refractivity contribution in [1.29, 1.82) is 0 Å². The summed E-state index contributed by atoms with van der Waals surface area (Å²) < 4.78 is 0. The van der Waals surface area contributed by atoms with Crippen molar-refractivity contribution in [3.8, 4) is 0 Å². The summed E-state index contributed by atoms with van der Waals surface area (Å²) in [4.78, 5) is 20.4. The molecule has 0 saturated carbocycles. The van der Waals surface area contributed by atoms with E-state index in [0.29, 0.717) is 6.04 Å². The molecule has 4 nitrogen and oxygen atoms in total. The van der Waals surface area contributed by atoms with Gasteiger partial charge in [-0.05, 0) is 23.3 Å². The number of hydrogen-bond acceptors (Lipinski definition) is 3. The summed E-state index contributed by atoms with van der Waals surface area (Å²) in [5, 5.41) is 2.21. The van der Waals surface area contributed by atoms with Gasteiger partial charge in [0.05, 0.1) is 6.67 Å². The van der Waals surface area contributed by atoms with E-state index >= 15 is 0 Å². The molecule has 0 aromatic heterocycles. The smallest absolute Gasteiger partial charge is 0.254 e. The van der Waals surface area contributed by atoms with Crippen LogP contribution in [-0.2, 0) is 0 Å². The molecule has 0 bridgehead atoms. The Bertz CT molecular complexity index is 766. The van der Waals surface area contributed by atoms with Gasteiger partial charge in [-0.3, -0.25) is 14.6 Å². The van der Waals surface area contributed by atoms with Gasteiger partial charge >= 0.3 is 0 Å². The van der Waals surface area contributed by atoms with Crippen LogP contribution in [0.4, 0.5) is 0 Å². The van der Waals surface area contributed by atoms with Gasteiger partial charge in [0.15, 0.2) is 0 Å². The number of benzene rings is 2.